The summed E-state index contributed by atoms with van der Waals surface area (Å²) in [6.07, 6.45) is -5.27. The molecule has 3 aromatic rings. The van der Waals surface area contributed by atoms with E-state index in [0.717, 1.165) is 11.6 Å². The zero-order chi connectivity index (χ0) is 21.6. The van der Waals surface area contributed by atoms with E-state index in [2.05, 4.69) is 5.32 Å². The highest BCUT2D eigenvalue weighted by Crippen LogP contribution is 2.40. The van der Waals surface area contributed by atoms with Crippen LogP contribution in [0.1, 0.15) is 33.2 Å². The van der Waals surface area contributed by atoms with Crippen LogP contribution in [0.4, 0.5) is 18.9 Å². The quantitative estimate of drug-likeness (QED) is 0.623. The van der Waals surface area contributed by atoms with Crippen LogP contribution < -0.4 is 14.8 Å². The number of nitrogens with zero attached hydrogens (tertiary/aromatic N) is 1. The summed E-state index contributed by atoms with van der Waals surface area (Å²) in [5.41, 5.74) is 1.01. The number of nitrogens with one attached hydrogen (secondary N) is 1. The first-order valence-electron chi connectivity index (χ1n) is 9.63. The zero-order valence-electron chi connectivity index (χ0n) is 16.1. The molecule has 0 aromatic heterocycles. The second-order valence-electron chi connectivity index (χ2n) is 7.30. The van der Waals surface area contributed by atoms with Crippen LogP contribution in [0.15, 0.2) is 66.7 Å². The lowest BCUT2D eigenvalue weighted by Crippen LogP contribution is -2.32. The average molecular weight is 426 g/mol. The van der Waals surface area contributed by atoms with Crippen molar-refractivity contribution in [2.24, 2.45) is 0 Å². The van der Waals surface area contributed by atoms with E-state index in [-0.39, 0.29) is 24.9 Å². The summed E-state index contributed by atoms with van der Waals surface area (Å²) < 4.78 is 51.3. The van der Waals surface area contributed by atoms with Gasteiger partial charge >= 0.3 is 6.18 Å². The van der Waals surface area contributed by atoms with E-state index in [1.54, 1.807) is 36.4 Å². The molecule has 0 bridgehead atoms. The molecule has 3 aromatic carbocycles. The number of amides is 1. The van der Waals surface area contributed by atoms with Gasteiger partial charge in [-0.2, -0.15) is 13.2 Å². The number of rotatable bonds is 4. The van der Waals surface area contributed by atoms with Crippen LogP contribution in [0.5, 0.6) is 11.5 Å². The van der Waals surface area contributed by atoms with E-state index >= 15 is 0 Å². The fourth-order valence-corrected chi connectivity index (χ4v) is 3.93. The zero-order valence-corrected chi connectivity index (χ0v) is 16.1. The number of anilines is 1. The van der Waals surface area contributed by atoms with E-state index in [1.165, 1.54) is 23.1 Å². The predicted molar refractivity (Wildman–Crippen MR) is 107 cm³/mol. The van der Waals surface area contributed by atoms with Crippen molar-refractivity contribution < 1.29 is 27.4 Å². The molecule has 1 N–H and O–H groups in total. The Labute approximate surface area is 176 Å². The highest BCUT2D eigenvalue weighted by molar-refractivity contribution is 5.99. The Balaban J connectivity index is 1.51. The monoisotopic (exact) mass is 426 g/mol. The molecule has 8 heteroatoms. The smallest absolute Gasteiger partial charge is 0.418 e. The Morgan fingerprint density at radius 1 is 0.968 bits per heavy atom. The number of halogens is 3. The van der Waals surface area contributed by atoms with Gasteiger partial charge in [-0.15, -0.1) is 0 Å². The maximum atomic E-state index is 13.5. The molecule has 0 radical (unpaired) electrons. The van der Waals surface area contributed by atoms with Gasteiger partial charge in [-0.05, 0) is 35.9 Å². The summed E-state index contributed by atoms with van der Waals surface area (Å²) in [5.74, 6) is 0.942. The van der Waals surface area contributed by atoms with Gasteiger partial charge in [-0.1, -0.05) is 36.4 Å². The van der Waals surface area contributed by atoms with Crippen molar-refractivity contribution in [1.29, 1.82) is 0 Å². The number of carbonyl (C=O) groups excluding carboxylic acids is 1. The normalized spacial score (nSPS) is 17.1. The molecule has 5 rings (SSSR count). The molecule has 0 saturated heterocycles. The van der Waals surface area contributed by atoms with Gasteiger partial charge in [0.25, 0.3) is 5.91 Å². The van der Waals surface area contributed by atoms with Gasteiger partial charge in [0, 0.05) is 23.4 Å². The second-order valence-corrected chi connectivity index (χ2v) is 7.30. The summed E-state index contributed by atoms with van der Waals surface area (Å²) >= 11 is 0. The fourth-order valence-electron chi connectivity index (χ4n) is 3.93. The molecule has 0 saturated carbocycles. The Bertz CT molecular complexity index is 1160. The van der Waals surface area contributed by atoms with E-state index in [4.69, 9.17) is 9.47 Å². The largest absolute Gasteiger partial charge is 0.454 e. The maximum absolute atomic E-state index is 13.5. The molecular weight excluding hydrogens is 409 g/mol. The van der Waals surface area contributed by atoms with Gasteiger partial charge in [-0.3, -0.25) is 4.79 Å². The van der Waals surface area contributed by atoms with Gasteiger partial charge in [0.2, 0.25) is 6.79 Å². The second kappa shape index (κ2) is 7.23. The van der Waals surface area contributed by atoms with Gasteiger partial charge in [0.15, 0.2) is 11.5 Å². The number of hydrogen-bond acceptors (Lipinski definition) is 4. The molecular formula is C23H17F3N2O3. The molecule has 31 heavy (non-hydrogen) atoms. The minimum Gasteiger partial charge on any atom is -0.454 e. The van der Waals surface area contributed by atoms with E-state index < -0.39 is 17.9 Å². The van der Waals surface area contributed by atoms with Crippen molar-refractivity contribution >= 4 is 11.6 Å². The van der Waals surface area contributed by atoms with Gasteiger partial charge in [-0.25, -0.2) is 0 Å². The number of carbonyl (C=O) groups is 1. The highest BCUT2D eigenvalue weighted by atomic mass is 19.4. The number of para-hydroxylation sites is 1. The van der Waals surface area contributed by atoms with Gasteiger partial charge in [0.1, 0.15) is 6.17 Å². The standard InChI is InChI=1S/C23H17F3N2O3/c24-23(25,26)17-7-3-4-8-18(17)27-21-15-5-1-2-6-16(15)22(29)28(21)12-14-9-10-19-20(11-14)31-13-30-19/h1-11,21,27H,12-13H2/t21-/m0/s1. The van der Waals surface area contributed by atoms with Gasteiger partial charge < -0.3 is 19.7 Å². The van der Waals surface area contributed by atoms with E-state index in [0.29, 0.717) is 22.6 Å². The Morgan fingerprint density at radius 3 is 2.55 bits per heavy atom. The number of alkyl halides is 3. The number of fused-ring (bicyclic) bond motifs is 2. The Hall–Kier alpha value is -3.68. The minimum absolute atomic E-state index is 0.0832. The lowest BCUT2D eigenvalue weighted by atomic mass is 10.1. The third-order valence-electron chi connectivity index (χ3n) is 5.37. The first kappa shape index (κ1) is 19.3. The number of hydrogen-bond donors (Lipinski definition) is 1. The summed E-state index contributed by atoms with van der Waals surface area (Å²) in [5, 5.41) is 2.95. The lowest BCUT2D eigenvalue weighted by Gasteiger charge is -2.28. The molecule has 2 aliphatic heterocycles. The maximum Gasteiger partial charge on any atom is 0.418 e. The number of ether oxygens (including phenoxy) is 2. The van der Waals surface area contributed by atoms with Crippen LogP contribution in [-0.2, 0) is 12.7 Å². The molecule has 1 amide bonds. The molecule has 1 atom stereocenters. The predicted octanol–water partition coefficient (Wildman–Crippen LogP) is 5.20. The molecule has 0 aliphatic carbocycles. The molecule has 158 valence electrons. The first-order chi connectivity index (χ1) is 14.9. The molecule has 5 nitrogen and oxygen atoms in total. The van der Waals surface area contributed by atoms with Crippen molar-refractivity contribution in [1.82, 2.24) is 4.90 Å². The van der Waals surface area contributed by atoms with Crippen LogP contribution in [0, 0.1) is 0 Å². The summed E-state index contributed by atoms with van der Waals surface area (Å²) in [7, 11) is 0. The van der Waals surface area contributed by atoms with Crippen molar-refractivity contribution in [3.63, 3.8) is 0 Å². The summed E-state index contributed by atoms with van der Waals surface area (Å²) in [6, 6.07) is 17.5. The van der Waals surface area contributed by atoms with Crippen LogP contribution in [-0.4, -0.2) is 17.6 Å². The molecule has 2 aliphatic rings. The van der Waals surface area contributed by atoms with Crippen molar-refractivity contribution in [2.75, 3.05) is 12.1 Å². The van der Waals surface area contributed by atoms with Crippen LogP contribution in [0.3, 0.4) is 0 Å². The SMILES string of the molecule is O=C1c2ccccc2[C@@H](Nc2ccccc2C(F)(F)F)N1Cc1ccc2c(c1)OCO2. The molecule has 2 heterocycles. The van der Waals surface area contributed by atoms with E-state index in [1.807, 2.05) is 6.07 Å². The fraction of sp³-hybridized carbons (Fsp3) is 0.174. The topological polar surface area (TPSA) is 50.8 Å². The first-order valence-corrected chi connectivity index (χ1v) is 9.63. The summed E-state index contributed by atoms with van der Waals surface area (Å²) in [4.78, 5) is 14.6. The highest BCUT2D eigenvalue weighted by Gasteiger charge is 2.39. The van der Waals surface area contributed by atoms with Crippen molar-refractivity contribution in [3.8, 4) is 11.5 Å². The van der Waals surface area contributed by atoms with Crippen LogP contribution in [0.25, 0.3) is 0 Å². The Morgan fingerprint density at radius 2 is 1.71 bits per heavy atom. The third-order valence-corrected chi connectivity index (χ3v) is 5.37. The van der Waals surface area contributed by atoms with Crippen LogP contribution >= 0.6 is 0 Å². The Kier molecular flexibility index (Phi) is 4.50. The minimum atomic E-state index is -4.52. The van der Waals surface area contributed by atoms with E-state index in [9.17, 15) is 18.0 Å². The number of benzene rings is 3. The van der Waals surface area contributed by atoms with Crippen molar-refractivity contribution in [2.45, 2.75) is 18.9 Å². The third kappa shape index (κ3) is 3.43. The average Bonchev–Trinajstić information content (AvgIpc) is 3.32. The molecule has 0 unspecified atom stereocenters. The summed E-state index contributed by atoms with van der Waals surface area (Å²) in [6.45, 7) is 0.321. The molecule has 0 spiro atoms. The van der Waals surface area contributed by atoms with Crippen molar-refractivity contribution in [3.05, 3.63) is 89.0 Å². The van der Waals surface area contributed by atoms with Gasteiger partial charge in [0.05, 0.1) is 5.56 Å². The molecule has 0 fully saturated rings. The lowest BCUT2D eigenvalue weighted by molar-refractivity contribution is -0.137. The van der Waals surface area contributed by atoms with Crippen LogP contribution in [0.2, 0.25) is 0 Å².